The van der Waals surface area contributed by atoms with E-state index in [4.69, 9.17) is 24.4 Å². The molecule has 1 aromatic carbocycles. The first-order chi connectivity index (χ1) is 38.8. The van der Waals surface area contributed by atoms with Gasteiger partial charge in [-0.25, -0.2) is 0 Å². The van der Waals surface area contributed by atoms with Crippen LogP contribution in [0, 0.1) is 23.7 Å². The first-order valence-electron chi connectivity index (χ1n) is 30.5. The Bertz CT molecular complexity index is 3130. The molecule has 0 radical (unpaired) electrons. The zero-order valence-electron chi connectivity index (χ0n) is 49.1. The Balaban J connectivity index is 1.27. The van der Waals surface area contributed by atoms with Crippen LogP contribution in [0.25, 0.3) is 72.0 Å². The molecule has 8 heterocycles. The third-order valence-corrected chi connectivity index (χ3v) is 27.5. The lowest BCUT2D eigenvalue weighted by Crippen LogP contribution is -2.27. The number of hydrogen-bond donors (Lipinski definition) is 0. The Morgan fingerprint density at radius 2 is 0.787 bits per heavy atom. The maximum absolute atomic E-state index is 13.8. The topological polar surface area (TPSA) is 40.6 Å². The molecule has 2 fully saturated rings. The van der Waals surface area contributed by atoms with Crippen LogP contribution in [0.2, 0.25) is 0 Å². The first-order valence-corrected chi connectivity index (χ1v) is 37.8. The number of nitrogens with zero attached hydrogens (tertiary/aromatic N) is 2. The maximum Gasteiger partial charge on any atom is 0.266 e. The molecule has 80 heavy (non-hydrogen) atoms. The Morgan fingerprint density at radius 3 is 1.10 bits per heavy atom. The number of likely N-dealkylation sites (N-methyl/N-ethyl adjacent to an activating group) is 2. The first kappa shape index (κ1) is 62.3. The van der Waals surface area contributed by atoms with Crippen LogP contribution in [0.3, 0.4) is 0 Å². The second-order valence-electron chi connectivity index (χ2n) is 22.5. The smallest absolute Gasteiger partial charge is 0.266 e. The maximum atomic E-state index is 13.8. The summed E-state index contributed by atoms with van der Waals surface area (Å²) in [6.45, 7) is 24.1. The largest absolute Gasteiger partial charge is 0.293 e. The van der Waals surface area contributed by atoms with Gasteiger partial charge in [-0.3, -0.25) is 19.4 Å². The second kappa shape index (κ2) is 28.8. The van der Waals surface area contributed by atoms with Crippen LogP contribution in [-0.2, 0) is 35.3 Å². The molecule has 9 rings (SSSR count). The molecule has 0 saturated carbocycles. The molecule has 2 saturated heterocycles. The Morgan fingerprint density at radius 1 is 0.438 bits per heavy atom. The SMILES string of the molecule is CCCCC(CC)Cc1cc2c(/C=C3\SC(=S)N(CC)C3=O)sc(-c3cc4c(CC(CC)CCCC)c5sc(-c6sc(/C=C7\SC(=S)N(CC)C7=O)c7cc(CC(CC)CCCC)sc67)cc5c(CC(CC)CCCC)c4s3)c2s1. The number of thioether (sulfide) groups is 2. The van der Waals surface area contributed by atoms with Gasteiger partial charge in [-0.05, 0) is 122 Å². The van der Waals surface area contributed by atoms with Crippen LogP contribution in [0.4, 0.5) is 0 Å². The van der Waals surface area contributed by atoms with E-state index in [1.807, 2.05) is 81.9 Å². The second-order valence-corrected chi connectivity index (χ2v) is 32.3. The van der Waals surface area contributed by atoms with E-state index in [0.29, 0.717) is 45.4 Å². The van der Waals surface area contributed by atoms with Gasteiger partial charge < -0.3 is 0 Å². The molecule has 4 unspecified atom stereocenters. The molecule has 0 spiro atoms. The molecule has 6 aromatic heterocycles. The van der Waals surface area contributed by atoms with Crippen molar-refractivity contribution in [3.05, 3.63) is 64.7 Å². The van der Waals surface area contributed by atoms with Crippen molar-refractivity contribution in [2.24, 2.45) is 23.7 Å². The number of rotatable bonds is 30. The minimum Gasteiger partial charge on any atom is -0.293 e. The molecule has 14 heteroatoms. The van der Waals surface area contributed by atoms with Gasteiger partial charge in [0.05, 0.1) is 29.0 Å². The average Bonchev–Trinajstić information content (AvgIpc) is 4.42. The molecule has 2 amide bonds. The lowest BCUT2D eigenvalue weighted by molar-refractivity contribution is -0.122. The Kier molecular flexibility index (Phi) is 22.4. The summed E-state index contributed by atoms with van der Waals surface area (Å²) >= 11 is 26.3. The normalized spacial score (nSPS) is 17.0. The molecule has 4 atom stereocenters. The van der Waals surface area contributed by atoms with Crippen molar-refractivity contribution in [2.45, 2.75) is 198 Å². The molecule has 0 aliphatic carbocycles. The predicted molar refractivity (Wildman–Crippen MR) is 374 cm³/mol. The van der Waals surface area contributed by atoms with Crippen molar-refractivity contribution in [1.82, 2.24) is 9.80 Å². The Hall–Kier alpha value is -2.24. The van der Waals surface area contributed by atoms with Crippen LogP contribution in [0.5, 0.6) is 0 Å². The highest BCUT2D eigenvalue weighted by Crippen LogP contribution is 2.55. The van der Waals surface area contributed by atoms with Crippen LogP contribution in [0.1, 0.15) is 203 Å². The summed E-state index contributed by atoms with van der Waals surface area (Å²) in [7, 11) is 0. The van der Waals surface area contributed by atoms with Gasteiger partial charge in [0.2, 0.25) is 0 Å². The van der Waals surface area contributed by atoms with Gasteiger partial charge in [0.25, 0.3) is 11.8 Å². The molecule has 2 aliphatic rings. The number of fused-ring (bicyclic) bond motifs is 4. The van der Waals surface area contributed by atoms with Crippen molar-refractivity contribution in [3.63, 3.8) is 0 Å². The van der Waals surface area contributed by atoms with Gasteiger partial charge >= 0.3 is 0 Å². The number of hydrogen-bond acceptors (Lipinski definition) is 12. The summed E-state index contributed by atoms with van der Waals surface area (Å²) < 4.78 is 7.01. The molecule has 2 aliphatic heterocycles. The zero-order valence-corrected chi connectivity index (χ0v) is 57.3. The predicted octanol–water partition coefficient (Wildman–Crippen LogP) is 23.5. The van der Waals surface area contributed by atoms with Gasteiger partial charge in [0, 0.05) is 62.5 Å². The van der Waals surface area contributed by atoms with Crippen molar-refractivity contribution >= 4 is 189 Å². The summed E-state index contributed by atoms with van der Waals surface area (Å²) in [5.41, 5.74) is 3.08. The molecule has 4 nitrogen and oxygen atoms in total. The van der Waals surface area contributed by atoms with E-state index < -0.39 is 0 Å². The van der Waals surface area contributed by atoms with Gasteiger partial charge in [-0.2, -0.15) is 0 Å². The highest BCUT2D eigenvalue weighted by atomic mass is 32.2. The lowest BCUT2D eigenvalue weighted by atomic mass is 9.86. The van der Waals surface area contributed by atoms with Crippen molar-refractivity contribution in [3.8, 4) is 19.5 Å². The fourth-order valence-corrected chi connectivity index (χ4v) is 23.1. The van der Waals surface area contributed by atoms with E-state index in [9.17, 15) is 9.59 Å². The van der Waals surface area contributed by atoms with E-state index in [1.54, 1.807) is 9.80 Å². The van der Waals surface area contributed by atoms with E-state index in [0.717, 1.165) is 48.3 Å². The quantitative estimate of drug-likeness (QED) is 0.0330. The van der Waals surface area contributed by atoms with Gasteiger partial charge in [-0.15, -0.1) is 68.0 Å². The highest BCUT2D eigenvalue weighted by molar-refractivity contribution is 8.27. The Labute approximate surface area is 522 Å². The van der Waals surface area contributed by atoms with Crippen LogP contribution in [0.15, 0.2) is 34.1 Å². The molecule has 430 valence electrons. The minimum absolute atomic E-state index is 0.0313. The van der Waals surface area contributed by atoms with E-state index in [2.05, 4.69) is 91.8 Å². The molecule has 0 N–H and O–H groups in total. The zero-order chi connectivity index (χ0) is 56.8. The summed E-state index contributed by atoms with van der Waals surface area (Å²) in [5.74, 6) is 2.58. The van der Waals surface area contributed by atoms with Crippen molar-refractivity contribution in [1.29, 1.82) is 0 Å². The van der Waals surface area contributed by atoms with Crippen LogP contribution in [-0.4, -0.2) is 43.3 Å². The van der Waals surface area contributed by atoms with E-state index >= 15 is 0 Å². The highest BCUT2D eigenvalue weighted by Gasteiger charge is 2.34. The number of carbonyl (C=O) groups is 2. The molecule has 7 aromatic rings. The standard InChI is InChI=1S/C66H84N2O2S10/c1-11-21-25-39(15-5)29-43-33-49-51(37-55-63(69)67(19-9)65(71)79-55)75-61(59(49)73-43)53-35-47-45(31-41(17-7)27-23-13-3)58-48(46(57(47)77-53)32-42(18-8)28-24-14-4)36-54(78-58)62-60-50(34-44(74-60)30-40(16-6)26-22-12-2)52(76-62)38-56-64(70)68(20-10)66(72)80-56/h33-42H,11-32H2,1-10H3/b55-37-,56-38-. The lowest BCUT2D eigenvalue weighted by Gasteiger charge is -2.20. The third kappa shape index (κ3) is 13.4. The van der Waals surface area contributed by atoms with Gasteiger partial charge in [0.1, 0.15) is 8.64 Å². The monoisotopic (exact) mass is 1260 g/mol. The molecular formula is C66H84N2O2S10. The summed E-state index contributed by atoms with van der Waals surface area (Å²) in [4.78, 5) is 43.3. The number of thiocarbonyl (C=S) groups is 2. The van der Waals surface area contributed by atoms with Crippen LogP contribution < -0.4 is 0 Å². The number of amides is 2. The van der Waals surface area contributed by atoms with E-state index in [1.165, 1.54) is 204 Å². The van der Waals surface area contributed by atoms with Gasteiger partial charge in [0.15, 0.2) is 0 Å². The third-order valence-electron chi connectivity index (χ3n) is 17.1. The fourth-order valence-electron chi connectivity index (χ4n) is 12.0. The molecule has 0 bridgehead atoms. The number of thiophene rings is 6. The number of benzene rings is 1. The van der Waals surface area contributed by atoms with Crippen LogP contribution >= 0.6 is 116 Å². The van der Waals surface area contributed by atoms with Crippen molar-refractivity contribution in [2.75, 3.05) is 13.1 Å². The van der Waals surface area contributed by atoms with E-state index in [-0.39, 0.29) is 11.8 Å². The summed E-state index contributed by atoms with van der Waals surface area (Å²) in [6, 6.07) is 10.2. The van der Waals surface area contributed by atoms with Crippen molar-refractivity contribution < 1.29 is 9.59 Å². The average molecular weight is 1260 g/mol. The number of carbonyl (C=O) groups excluding carboxylic acids is 2. The summed E-state index contributed by atoms with van der Waals surface area (Å²) in [6.07, 6.45) is 28.3. The number of unbranched alkanes of at least 4 members (excludes halogenated alkanes) is 4. The van der Waals surface area contributed by atoms with Gasteiger partial charge in [-0.1, -0.05) is 206 Å². The summed E-state index contributed by atoms with van der Waals surface area (Å²) in [5, 5.41) is 5.50. The fraction of sp³-hybridized carbons (Fsp3) is 0.545. The molecular weight excluding hydrogens is 1170 g/mol. The minimum atomic E-state index is 0.0313.